The van der Waals surface area contributed by atoms with Crippen molar-refractivity contribution in [1.29, 1.82) is 0 Å². The van der Waals surface area contributed by atoms with Gasteiger partial charge in [-0.2, -0.15) is 12.6 Å². The molecule has 0 saturated heterocycles. The Morgan fingerprint density at radius 1 is 0.912 bits per heavy atom. The Bertz CT molecular complexity index is 824. The van der Waals surface area contributed by atoms with Crippen molar-refractivity contribution in [2.24, 2.45) is 11.5 Å². The number of aromatic hydroxyl groups is 1. The number of thiol groups is 1. The van der Waals surface area contributed by atoms with Crippen molar-refractivity contribution in [3.05, 3.63) is 29.8 Å². The maximum atomic E-state index is 13.1. The van der Waals surface area contributed by atoms with Crippen molar-refractivity contribution in [1.82, 2.24) is 16.0 Å². The summed E-state index contributed by atoms with van der Waals surface area (Å²) in [5.41, 5.74) is 11.6. The molecule has 1 aromatic carbocycles. The number of carbonyl (C=O) groups excluding carboxylic acids is 3. The summed E-state index contributed by atoms with van der Waals surface area (Å²) in [5, 5.41) is 35.1. The third kappa shape index (κ3) is 9.95. The number of phenols is 1. The number of hydrogen-bond donors (Lipinski definition) is 9. The molecule has 0 saturated carbocycles. The van der Waals surface area contributed by atoms with E-state index in [0.717, 1.165) is 0 Å². The lowest BCUT2D eigenvalue weighted by Gasteiger charge is -2.25. The summed E-state index contributed by atoms with van der Waals surface area (Å²) >= 11 is 3.92. The Morgan fingerprint density at radius 3 is 2.00 bits per heavy atom. The molecule has 0 radical (unpaired) electrons. The van der Waals surface area contributed by atoms with E-state index in [-0.39, 0.29) is 24.3 Å². The molecule has 4 atom stereocenters. The molecular formula is C21H33N5O7S. The molecule has 0 heterocycles. The molecule has 0 fully saturated rings. The smallest absolute Gasteiger partial charge is 0.327 e. The lowest BCUT2D eigenvalue weighted by Crippen LogP contribution is -2.58. The van der Waals surface area contributed by atoms with Crippen molar-refractivity contribution in [3.63, 3.8) is 0 Å². The summed E-state index contributed by atoms with van der Waals surface area (Å²) in [6, 6.07) is 1.18. The Labute approximate surface area is 202 Å². The first-order valence-electron chi connectivity index (χ1n) is 10.7. The van der Waals surface area contributed by atoms with Gasteiger partial charge in [-0.05, 0) is 43.5 Å². The Morgan fingerprint density at radius 2 is 1.47 bits per heavy atom. The van der Waals surface area contributed by atoms with Crippen LogP contribution < -0.4 is 27.4 Å². The second-order valence-electron chi connectivity index (χ2n) is 7.65. The Kier molecular flexibility index (Phi) is 13.0. The van der Waals surface area contributed by atoms with Crippen LogP contribution >= 0.6 is 12.6 Å². The van der Waals surface area contributed by atoms with Crippen LogP contribution in [0, 0.1) is 0 Å². The number of hydrogen-bond acceptors (Lipinski definition) is 9. The summed E-state index contributed by atoms with van der Waals surface area (Å²) in [6.45, 7) is -0.265. The minimum Gasteiger partial charge on any atom is -0.508 e. The molecule has 0 aliphatic heterocycles. The number of nitrogens with two attached hydrogens (primary N) is 2. The summed E-state index contributed by atoms with van der Waals surface area (Å²) in [5.74, 6) is -3.60. The van der Waals surface area contributed by atoms with E-state index in [4.69, 9.17) is 16.6 Å². The van der Waals surface area contributed by atoms with Gasteiger partial charge in [0, 0.05) is 12.2 Å². The van der Waals surface area contributed by atoms with E-state index >= 15 is 0 Å². The largest absolute Gasteiger partial charge is 0.508 e. The van der Waals surface area contributed by atoms with E-state index in [1.165, 1.54) is 12.1 Å². The van der Waals surface area contributed by atoms with Gasteiger partial charge < -0.3 is 42.7 Å². The molecule has 1 rings (SSSR count). The van der Waals surface area contributed by atoms with Crippen LogP contribution in [0.2, 0.25) is 0 Å². The number of carbonyl (C=O) groups is 4. The van der Waals surface area contributed by atoms with Crippen molar-refractivity contribution >= 4 is 36.3 Å². The zero-order chi connectivity index (χ0) is 25.7. The number of aliphatic hydroxyl groups excluding tert-OH is 1. The SMILES string of the molecule is NCCCCC(NC(=O)C(Cc1ccc(O)cc1)NC(=O)C(N)CO)C(=O)NC(CS)C(=O)O. The van der Waals surface area contributed by atoms with Gasteiger partial charge in [0.1, 0.15) is 29.9 Å². The first-order valence-corrected chi connectivity index (χ1v) is 11.3. The van der Waals surface area contributed by atoms with Gasteiger partial charge in [0.15, 0.2) is 0 Å². The van der Waals surface area contributed by atoms with Gasteiger partial charge in [0.2, 0.25) is 17.7 Å². The van der Waals surface area contributed by atoms with Crippen LogP contribution in [0.3, 0.4) is 0 Å². The summed E-state index contributed by atoms with van der Waals surface area (Å²) < 4.78 is 0. The standard InChI is InChI=1S/C21H33N5O7S/c22-8-2-1-3-15(19(30)26-17(11-34)21(32)33)24-20(31)16(25-18(29)14(23)10-27)9-12-4-6-13(28)7-5-12/h4-7,14-17,27-28,34H,1-3,8-11,22-23H2,(H,24,31)(H,25,29)(H,26,30)(H,32,33). The van der Waals surface area contributed by atoms with E-state index in [9.17, 15) is 29.4 Å². The van der Waals surface area contributed by atoms with Gasteiger partial charge in [-0.1, -0.05) is 12.1 Å². The van der Waals surface area contributed by atoms with Crippen molar-refractivity contribution in [3.8, 4) is 5.75 Å². The average Bonchev–Trinajstić information content (AvgIpc) is 2.81. The van der Waals surface area contributed by atoms with Crippen LogP contribution in [-0.4, -0.2) is 82.1 Å². The maximum absolute atomic E-state index is 13.1. The number of carboxylic acid groups (broad SMARTS) is 1. The number of amides is 3. The van der Waals surface area contributed by atoms with Gasteiger partial charge in [-0.15, -0.1) is 0 Å². The van der Waals surface area contributed by atoms with E-state index in [0.29, 0.717) is 24.9 Å². The second-order valence-corrected chi connectivity index (χ2v) is 8.01. The minimum absolute atomic E-state index is 0.00152. The van der Waals surface area contributed by atoms with Gasteiger partial charge in [0.05, 0.1) is 6.61 Å². The molecular weight excluding hydrogens is 466 g/mol. The highest BCUT2D eigenvalue weighted by atomic mass is 32.1. The van der Waals surface area contributed by atoms with Crippen LogP contribution in [0.5, 0.6) is 5.75 Å². The number of unbranched alkanes of at least 4 members (excludes halogenated alkanes) is 1. The summed E-state index contributed by atoms with van der Waals surface area (Å²) in [4.78, 5) is 49.3. The topological polar surface area (TPSA) is 217 Å². The Hall–Kier alpha value is -2.87. The third-order valence-electron chi connectivity index (χ3n) is 4.92. The highest BCUT2D eigenvalue weighted by molar-refractivity contribution is 7.80. The van der Waals surface area contributed by atoms with Crippen LogP contribution in [0.15, 0.2) is 24.3 Å². The van der Waals surface area contributed by atoms with E-state index in [1.54, 1.807) is 12.1 Å². The summed E-state index contributed by atoms with van der Waals surface area (Å²) in [6.07, 6.45) is 1.25. The molecule has 34 heavy (non-hydrogen) atoms. The highest BCUT2D eigenvalue weighted by Crippen LogP contribution is 2.12. The molecule has 0 aliphatic carbocycles. The lowest BCUT2D eigenvalue weighted by molar-refractivity contribution is -0.141. The molecule has 0 aliphatic rings. The summed E-state index contributed by atoms with van der Waals surface area (Å²) in [7, 11) is 0. The normalized spacial score (nSPS) is 14.4. The number of benzene rings is 1. The number of phenolic OH excluding ortho intramolecular Hbond substituents is 1. The van der Waals surface area contributed by atoms with Crippen LogP contribution in [0.25, 0.3) is 0 Å². The predicted molar refractivity (Wildman–Crippen MR) is 127 cm³/mol. The van der Waals surface area contributed by atoms with Crippen LogP contribution in [0.1, 0.15) is 24.8 Å². The zero-order valence-corrected chi connectivity index (χ0v) is 19.5. The molecule has 0 bridgehead atoms. The van der Waals surface area contributed by atoms with Gasteiger partial charge in [0.25, 0.3) is 0 Å². The monoisotopic (exact) mass is 499 g/mol. The van der Waals surface area contributed by atoms with Gasteiger partial charge in [-0.3, -0.25) is 14.4 Å². The molecule has 190 valence electrons. The molecule has 12 nitrogen and oxygen atoms in total. The van der Waals surface area contributed by atoms with Gasteiger partial charge in [-0.25, -0.2) is 4.79 Å². The first kappa shape index (κ1) is 29.2. The molecule has 4 unspecified atom stereocenters. The minimum atomic E-state index is -1.27. The fourth-order valence-corrected chi connectivity index (χ4v) is 3.18. The fourth-order valence-electron chi connectivity index (χ4n) is 2.93. The van der Waals surface area contributed by atoms with E-state index < -0.39 is 54.5 Å². The molecule has 10 N–H and O–H groups in total. The van der Waals surface area contributed by atoms with E-state index in [2.05, 4.69) is 28.6 Å². The third-order valence-corrected chi connectivity index (χ3v) is 5.28. The number of carboxylic acids is 1. The number of aliphatic hydroxyl groups is 1. The Balaban J connectivity index is 3.07. The van der Waals surface area contributed by atoms with Crippen molar-refractivity contribution < 1.29 is 34.5 Å². The second kappa shape index (κ2) is 15.1. The van der Waals surface area contributed by atoms with Crippen LogP contribution in [0.4, 0.5) is 0 Å². The number of nitrogens with one attached hydrogen (secondary N) is 3. The quantitative estimate of drug-likeness (QED) is 0.0948. The van der Waals surface area contributed by atoms with E-state index in [1.807, 2.05) is 0 Å². The lowest BCUT2D eigenvalue weighted by atomic mass is 10.0. The molecule has 1 aromatic rings. The van der Waals surface area contributed by atoms with Crippen molar-refractivity contribution in [2.75, 3.05) is 18.9 Å². The van der Waals surface area contributed by atoms with Crippen molar-refractivity contribution in [2.45, 2.75) is 49.9 Å². The van der Waals surface area contributed by atoms with Gasteiger partial charge >= 0.3 is 5.97 Å². The highest BCUT2D eigenvalue weighted by Gasteiger charge is 2.30. The maximum Gasteiger partial charge on any atom is 0.327 e. The van der Waals surface area contributed by atoms with Crippen LogP contribution in [-0.2, 0) is 25.6 Å². The molecule has 0 spiro atoms. The number of aliphatic carboxylic acids is 1. The molecule has 3 amide bonds. The number of rotatable bonds is 15. The fraction of sp³-hybridized carbons (Fsp3) is 0.524. The zero-order valence-electron chi connectivity index (χ0n) is 18.6. The predicted octanol–water partition coefficient (Wildman–Crippen LogP) is -2.15. The average molecular weight is 500 g/mol. The molecule has 13 heteroatoms. The molecule has 0 aromatic heterocycles. The first-order chi connectivity index (χ1) is 16.1.